The zero-order valence-corrected chi connectivity index (χ0v) is 11.9. The fraction of sp³-hybridized carbons (Fsp3) is 0.688. The van der Waals surface area contributed by atoms with Gasteiger partial charge in [-0.3, -0.25) is 4.98 Å². The van der Waals surface area contributed by atoms with Crippen LogP contribution in [0.2, 0.25) is 0 Å². The van der Waals surface area contributed by atoms with E-state index in [0.29, 0.717) is 17.4 Å². The lowest BCUT2D eigenvalue weighted by Gasteiger charge is -2.43. The van der Waals surface area contributed by atoms with Gasteiger partial charge in [0.2, 0.25) is 0 Å². The number of hydrogen-bond acceptors (Lipinski definition) is 2. The van der Waals surface area contributed by atoms with Crippen LogP contribution in [0.1, 0.15) is 57.4 Å². The van der Waals surface area contributed by atoms with Gasteiger partial charge >= 0.3 is 0 Å². The Bertz CT molecular complexity index is 355. The molecule has 2 rings (SSSR count). The van der Waals surface area contributed by atoms with Crippen LogP contribution < -0.4 is 5.32 Å². The summed E-state index contributed by atoms with van der Waals surface area (Å²) in [5, 5.41) is 3.59. The summed E-state index contributed by atoms with van der Waals surface area (Å²) in [4.78, 5) is 4.12. The third-order valence-corrected chi connectivity index (χ3v) is 4.79. The van der Waals surface area contributed by atoms with E-state index in [0.717, 1.165) is 0 Å². The van der Waals surface area contributed by atoms with Crippen molar-refractivity contribution in [2.24, 2.45) is 5.41 Å². The van der Waals surface area contributed by atoms with Crippen molar-refractivity contribution in [3.05, 3.63) is 30.1 Å². The lowest BCUT2D eigenvalue weighted by Crippen LogP contribution is -2.46. The first-order valence-corrected chi connectivity index (χ1v) is 7.24. The van der Waals surface area contributed by atoms with E-state index in [1.54, 1.807) is 0 Å². The van der Waals surface area contributed by atoms with Crippen LogP contribution in [0.4, 0.5) is 0 Å². The van der Waals surface area contributed by atoms with Gasteiger partial charge in [-0.1, -0.05) is 33.1 Å². The van der Waals surface area contributed by atoms with Crippen molar-refractivity contribution in [1.82, 2.24) is 10.3 Å². The van der Waals surface area contributed by atoms with Crippen LogP contribution in [0, 0.1) is 5.41 Å². The lowest BCUT2D eigenvalue weighted by atomic mass is 9.66. The van der Waals surface area contributed by atoms with Crippen LogP contribution >= 0.6 is 0 Å². The standard InChI is InChI=1S/C16H26N2/c1-13(14-7-11-18-12-8-14)15(17-3)16(2)9-5-4-6-10-16/h7-8,11-13,15,17H,4-6,9-10H2,1-3H3. The molecule has 1 N–H and O–H groups in total. The predicted molar refractivity (Wildman–Crippen MR) is 76.7 cm³/mol. The van der Waals surface area contributed by atoms with E-state index in [2.05, 4.69) is 43.3 Å². The molecule has 0 amide bonds. The number of aromatic nitrogens is 1. The first-order chi connectivity index (χ1) is 8.67. The Hall–Kier alpha value is -0.890. The Morgan fingerprint density at radius 2 is 1.78 bits per heavy atom. The summed E-state index contributed by atoms with van der Waals surface area (Å²) in [6.07, 6.45) is 10.7. The summed E-state index contributed by atoms with van der Waals surface area (Å²) in [6.45, 7) is 4.81. The van der Waals surface area contributed by atoms with Crippen molar-refractivity contribution in [2.45, 2.75) is 57.9 Å². The summed E-state index contributed by atoms with van der Waals surface area (Å²) < 4.78 is 0. The minimum absolute atomic E-state index is 0.440. The normalized spacial score (nSPS) is 22.4. The van der Waals surface area contributed by atoms with Gasteiger partial charge in [0.15, 0.2) is 0 Å². The first kappa shape index (κ1) is 13.5. The van der Waals surface area contributed by atoms with Gasteiger partial charge in [0.1, 0.15) is 0 Å². The quantitative estimate of drug-likeness (QED) is 0.875. The van der Waals surface area contributed by atoms with Crippen LogP contribution in [0.25, 0.3) is 0 Å². The molecule has 1 aromatic rings. The van der Waals surface area contributed by atoms with E-state index in [9.17, 15) is 0 Å². The molecule has 0 aliphatic heterocycles. The maximum Gasteiger partial charge on any atom is 0.0270 e. The monoisotopic (exact) mass is 246 g/mol. The molecule has 0 spiro atoms. The van der Waals surface area contributed by atoms with Gasteiger partial charge in [-0.15, -0.1) is 0 Å². The molecule has 1 aromatic heterocycles. The molecule has 2 atom stereocenters. The molecular weight excluding hydrogens is 220 g/mol. The molecule has 100 valence electrons. The Kier molecular flexibility index (Phi) is 4.39. The highest BCUT2D eigenvalue weighted by Gasteiger charge is 2.37. The van der Waals surface area contributed by atoms with Crippen molar-refractivity contribution in [3.63, 3.8) is 0 Å². The van der Waals surface area contributed by atoms with Gasteiger partial charge in [-0.25, -0.2) is 0 Å². The Labute approximate surface area is 111 Å². The fourth-order valence-electron chi connectivity index (χ4n) is 3.73. The molecule has 18 heavy (non-hydrogen) atoms. The van der Waals surface area contributed by atoms with E-state index in [-0.39, 0.29) is 0 Å². The zero-order chi connectivity index (χ0) is 13.0. The highest BCUT2D eigenvalue weighted by molar-refractivity contribution is 5.18. The average molecular weight is 246 g/mol. The number of pyridine rings is 1. The van der Waals surface area contributed by atoms with Crippen LogP contribution in [-0.2, 0) is 0 Å². The average Bonchev–Trinajstić information content (AvgIpc) is 2.41. The number of hydrogen-bond donors (Lipinski definition) is 1. The van der Waals surface area contributed by atoms with E-state index in [4.69, 9.17) is 0 Å². The SMILES string of the molecule is CNC(C(C)c1ccncc1)C1(C)CCCCC1. The number of rotatable bonds is 4. The molecule has 2 unspecified atom stereocenters. The molecule has 1 aliphatic rings. The van der Waals surface area contributed by atoms with Crippen LogP contribution in [-0.4, -0.2) is 18.1 Å². The second-order valence-corrected chi connectivity index (χ2v) is 6.05. The Morgan fingerprint density at radius 1 is 1.17 bits per heavy atom. The molecule has 1 aliphatic carbocycles. The Morgan fingerprint density at radius 3 is 2.33 bits per heavy atom. The van der Waals surface area contributed by atoms with Gasteiger partial charge in [0, 0.05) is 18.4 Å². The van der Waals surface area contributed by atoms with E-state index in [1.165, 1.54) is 37.7 Å². The highest BCUT2D eigenvalue weighted by Crippen LogP contribution is 2.43. The maximum atomic E-state index is 4.12. The minimum atomic E-state index is 0.440. The van der Waals surface area contributed by atoms with Crippen LogP contribution in [0.3, 0.4) is 0 Å². The molecule has 0 aromatic carbocycles. The zero-order valence-electron chi connectivity index (χ0n) is 11.9. The van der Waals surface area contributed by atoms with E-state index in [1.807, 2.05) is 12.4 Å². The molecule has 1 heterocycles. The lowest BCUT2D eigenvalue weighted by molar-refractivity contribution is 0.134. The molecule has 0 saturated heterocycles. The minimum Gasteiger partial charge on any atom is -0.316 e. The molecule has 0 radical (unpaired) electrons. The summed E-state index contributed by atoms with van der Waals surface area (Å²) in [5.74, 6) is 0.543. The highest BCUT2D eigenvalue weighted by atomic mass is 14.9. The summed E-state index contributed by atoms with van der Waals surface area (Å²) in [5.41, 5.74) is 1.84. The van der Waals surface area contributed by atoms with Gasteiger partial charge < -0.3 is 5.32 Å². The van der Waals surface area contributed by atoms with Crippen LogP contribution in [0.5, 0.6) is 0 Å². The van der Waals surface area contributed by atoms with Gasteiger partial charge in [0.05, 0.1) is 0 Å². The second kappa shape index (κ2) is 5.83. The van der Waals surface area contributed by atoms with Crippen molar-refractivity contribution >= 4 is 0 Å². The predicted octanol–water partition coefficient (Wildman–Crippen LogP) is 3.74. The van der Waals surface area contributed by atoms with Gasteiger partial charge in [0.25, 0.3) is 0 Å². The van der Waals surface area contributed by atoms with Crippen molar-refractivity contribution < 1.29 is 0 Å². The van der Waals surface area contributed by atoms with Crippen molar-refractivity contribution in [3.8, 4) is 0 Å². The van der Waals surface area contributed by atoms with Crippen LogP contribution in [0.15, 0.2) is 24.5 Å². The maximum absolute atomic E-state index is 4.12. The third kappa shape index (κ3) is 2.74. The topological polar surface area (TPSA) is 24.9 Å². The first-order valence-electron chi connectivity index (χ1n) is 7.24. The number of likely N-dealkylation sites (N-methyl/N-ethyl adjacent to an activating group) is 1. The van der Waals surface area contributed by atoms with Crippen molar-refractivity contribution in [1.29, 1.82) is 0 Å². The molecule has 1 saturated carbocycles. The molecule has 2 heteroatoms. The molecule has 1 fully saturated rings. The van der Waals surface area contributed by atoms with Gasteiger partial charge in [-0.05, 0) is 48.9 Å². The molecule has 0 bridgehead atoms. The van der Waals surface area contributed by atoms with E-state index >= 15 is 0 Å². The summed E-state index contributed by atoms with van der Waals surface area (Å²) in [7, 11) is 2.11. The number of nitrogens with zero attached hydrogens (tertiary/aromatic N) is 1. The molecule has 2 nitrogen and oxygen atoms in total. The smallest absolute Gasteiger partial charge is 0.0270 e. The Balaban J connectivity index is 2.17. The van der Waals surface area contributed by atoms with Gasteiger partial charge in [-0.2, -0.15) is 0 Å². The van der Waals surface area contributed by atoms with E-state index < -0.39 is 0 Å². The summed E-state index contributed by atoms with van der Waals surface area (Å²) in [6, 6.07) is 4.86. The largest absolute Gasteiger partial charge is 0.316 e. The summed E-state index contributed by atoms with van der Waals surface area (Å²) >= 11 is 0. The van der Waals surface area contributed by atoms with Crippen molar-refractivity contribution in [2.75, 3.05) is 7.05 Å². The second-order valence-electron chi connectivity index (χ2n) is 6.05. The number of nitrogens with one attached hydrogen (secondary N) is 1. The third-order valence-electron chi connectivity index (χ3n) is 4.79. The molecular formula is C16H26N2. The fourth-order valence-corrected chi connectivity index (χ4v) is 3.73.